The van der Waals surface area contributed by atoms with E-state index in [1.54, 1.807) is 17.8 Å². The van der Waals surface area contributed by atoms with Crippen molar-refractivity contribution in [2.24, 2.45) is 0 Å². The molecule has 3 aromatic rings. The molecule has 0 aliphatic carbocycles. The van der Waals surface area contributed by atoms with Gasteiger partial charge in [0.1, 0.15) is 0 Å². The first-order valence-electron chi connectivity index (χ1n) is 7.93. The number of nitrogens with zero attached hydrogens (tertiary/aromatic N) is 3. The summed E-state index contributed by atoms with van der Waals surface area (Å²) >= 11 is 5.94. The maximum atomic E-state index is 12.4. The fourth-order valence-corrected chi connectivity index (χ4v) is 2.67. The molecule has 0 bridgehead atoms. The number of hydrogen-bond acceptors (Lipinski definition) is 4. The van der Waals surface area contributed by atoms with Crippen molar-refractivity contribution in [1.82, 2.24) is 19.9 Å². The third-order valence-corrected chi connectivity index (χ3v) is 3.92. The lowest BCUT2D eigenvalue weighted by molar-refractivity contribution is 0.0936. The van der Waals surface area contributed by atoms with Gasteiger partial charge in [-0.05, 0) is 26.0 Å². The SMILES string of the molecule is COCc1c(C(=O)NC(C)C)cnc2cc(-c3ccc(Cl)cc3)nn12. The minimum absolute atomic E-state index is 0.0286. The molecule has 2 aromatic heterocycles. The van der Waals surface area contributed by atoms with Crippen LogP contribution in [-0.4, -0.2) is 33.7 Å². The molecule has 0 saturated carbocycles. The van der Waals surface area contributed by atoms with E-state index in [0.29, 0.717) is 21.9 Å². The second kappa shape index (κ2) is 7.21. The van der Waals surface area contributed by atoms with Crippen molar-refractivity contribution in [1.29, 1.82) is 0 Å². The minimum atomic E-state index is -0.194. The van der Waals surface area contributed by atoms with Crippen LogP contribution in [0.3, 0.4) is 0 Å². The number of carbonyl (C=O) groups excluding carboxylic acids is 1. The highest BCUT2D eigenvalue weighted by molar-refractivity contribution is 6.30. The summed E-state index contributed by atoms with van der Waals surface area (Å²) in [7, 11) is 1.58. The van der Waals surface area contributed by atoms with Crippen LogP contribution in [-0.2, 0) is 11.3 Å². The van der Waals surface area contributed by atoms with Gasteiger partial charge in [-0.3, -0.25) is 4.79 Å². The maximum absolute atomic E-state index is 12.4. The van der Waals surface area contributed by atoms with E-state index in [-0.39, 0.29) is 18.6 Å². The van der Waals surface area contributed by atoms with Crippen molar-refractivity contribution in [3.05, 3.63) is 52.8 Å². The van der Waals surface area contributed by atoms with Crippen molar-refractivity contribution < 1.29 is 9.53 Å². The lowest BCUT2D eigenvalue weighted by atomic mass is 10.1. The number of methoxy groups -OCH3 is 1. The van der Waals surface area contributed by atoms with Crippen molar-refractivity contribution in [3.63, 3.8) is 0 Å². The van der Waals surface area contributed by atoms with Crippen molar-refractivity contribution in [3.8, 4) is 11.3 Å². The predicted molar refractivity (Wildman–Crippen MR) is 96.7 cm³/mol. The standard InChI is InChI=1S/C18H19ClN4O2/c1-11(2)21-18(24)14-9-20-17-8-15(12-4-6-13(19)7-5-12)22-23(17)16(14)10-25-3/h4-9,11H,10H2,1-3H3,(H,21,24). The smallest absolute Gasteiger partial charge is 0.254 e. The van der Waals surface area contributed by atoms with Gasteiger partial charge in [0.05, 0.1) is 23.6 Å². The second-order valence-electron chi connectivity index (χ2n) is 5.99. The Bertz CT molecular complexity index is 903. The van der Waals surface area contributed by atoms with Crippen molar-refractivity contribution >= 4 is 23.2 Å². The normalized spacial score (nSPS) is 11.2. The summed E-state index contributed by atoms with van der Waals surface area (Å²) in [6.07, 6.45) is 1.56. The summed E-state index contributed by atoms with van der Waals surface area (Å²) in [5.41, 5.74) is 3.44. The largest absolute Gasteiger partial charge is 0.378 e. The van der Waals surface area contributed by atoms with Crippen molar-refractivity contribution in [2.45, 2.75) is 26.5 Å². The molecule has 0 saturated heterocycles. The topological polar surface area (TPSA) is 68.5 Å². The average Bonchev–Trinajstić information content (AvgIpc) is 3.00. The molecule has 2 heterocycles. The summed E-state index contributed by atoms with van der Waals surface area (Å²) in [6, 6.07) is 9.31. The fourth-order valence-electron chi connectivity index (χ4n) is 2.55. The summed E-state index contributed by atoms with van der Waals surface area (Å²) in [6.45, 7) is 4.07. The predicted octanol–water partition coefficient (Wildman–Crippen LogP) is 3.33. The van der Waals surface area contributed by atoms with Crippen LogP contribution >= 0.6 is 11.6 Å². The third kappa shape index (κ3) is 3.65. The Kier molecular flexibility index (Phi) is 5.01. The number of amides is 1. The molecule has 25 heavy (non-hydrogen) atoms. The Morgan fingerprint density at radius 2 is 2.04 bits per heavy atom. The Labute approximate surface area is 150 Å². The van der Waals surface area contributed by atoms with Crippen LogP contribution in [0.2, 0.25) is 5.02 Å². The van der Waals surface area contributed by atoms with Gasteiger partial charge in [0.25, 0.3) is 5.91 Å². The van der Waals surface area contributed by atoms with Crippen LogP contribution in [0.5, 0.6) is 0 Å². The molecule has 0 aliphatic heterocycles. The maximum Gasteiger partial charge on any atom is 0.254 e. The molecule has 0 radical (unpaired) electrons. The molecular weight excluding hydrogens is 340 g/mol. The van der Waals surface area contributed by atoms with Gasteiger partial charge in [0, 0.05) is 36.0 Å². The summed E-state index contributed by atoms with van der Waals surface area (Å²) < 4.78 is 6.93. The number of aromatic nitrogens is 3. The van der Waals surface area contributed by atoms with Crippen LogP contribution in [0.4, 0.5) is 0 Å². The number of benzene rings is 1. The first-order valence-corrected chi connectivity index (χ1v) is 8.30. The van der Waals surface area contributed by atoms with E-state index in [0.717, 1.165) is 11.3 Å². The quantitative estimate of drug-likeness (QED) is 0.759. The van der Waals surface area contributed by atoms with Gasteiger partial charge >= 0.3 is 0 Å². The third-order valence-electron chi connectivity index (χ3n) is 3.67. The van der Waals surface area contributed by atoms with Gasteiger partial charge in [-0.1, -0.05) is 23.7 Å². The summed E-state index contributed by atoms with van der Waals surface area (Å²) in [5, 5.41) is 8.15. The zero-order valence-corrected chi connectivity index (χ0v) is 15.0. The lowest BCUT2D eigenvalue weighted by Crippen LogP contribution is -2.31. The molecule has 3 rings (SSSR count). The number of nitrogens with one attached hydrogen (secondary N) is 1. The Morgan fingerprint density at radius 3 is 2.68 bits per heavy atom. The van der Waals surface area contributed by atoms with Crippen LogP contribution < -0.4 is 5.32 Å². The van der Waals surface area contributed by atoms with Gasteiger partial charge in [-0.2, -0.15) is 5.10 Å². The molecule has 1 aromatic carbocycles. The summed E-state index contributed by atoms with van der Waals surface area (Å²) in [5.74, 6) is -0.194. The zero-order chi connectivity index (χ0) is 18.0. The van der Waals surface area contributed by atoms with Crippen LogP contribution in [0.15, 0.2) is 36.5 Å². The van der Waals surface area contributed by atoms with E-state index in [2.05, 4.69) is 15.4 Å². The van der Waals surface area contributed by atoms with Gasteiger partial charge in [0.15, 0.2) is 5.65 Å². The van der Waals surface area contributed by atoms with E-state index in [9.17, 15) is 4.79 Å². The van der Waals surface area contributed by atoms with E-state index in [4.69, 9.17) is 16.3 Å². The van der Waals surface area contributed by atoms with Gasteiger partial charge in [-0.25, -0.2) is 9.50 Å². The molecule has 1 amide bonds. The number of halogens is 1. The number of ether oxygens (including phenoxy) is 1. The molecule has 1 N–H and O–H groups in total. The Morgan fingerprint density at radius 1 is 1.32 bits per heavy atom. The molecule has 0 spiro atoms. The van der Waals surface area contributed by atoms with Crippen LogP contribution in [0, 0.1) is 0 Å². The molecular formula is C18H19ClN4O2. The second-order valence-corrected chi connectivity index (χ2v) is 6.42. The molecule has 130 valence electrons. The number of fused-ring (bicyclic) bond motifs is 1. The lowest BCUT2D eigenvalue weighted by Gasteiger charge is -2.12. The monoisotopic (exact) mass is 358 g/mol. The first kappa shape index (κ1) is 17.4. The molecule has 0 fully saturated rings. The van der Waals surface area contributed by atoms with Gasteiger partial charge in [-0.15, -0.1) is 0 Å². The number of carbonyl (C=O) groups is 1. The van der Waals surface area contributed by atoms with E-state index in [1.165, 1.54) is 0 Å². The minimum Gasteiger partial charge on any atom is -0.378 e. The van der Waals surface area contributed by atoms with Crippen LogP contribution in [0.25, 0.3) is 16.9 Å². The molecule has 0 unspecified atom stereocenters. The Balaban J connectivity index is 2.10. The fraction of sp³-hybridized carbons (Fsp3) is 0.278. The van der Waals surface area contributed by atoms with Crippen molar-refractivity contribution in [2.75, 3.05) is 7.11 Å². The molecule has 7 heteroatoms. The molecule has 6 nitrogen and oxygen atoms in total. The Hall–Kier alpha value is -2.44. The van der Waals surface area contributed by atoms with E-state index in [1.807, 2.05) is 44.2 Å². The average molecular weight is 359 g/mol. The zero-order valence-electron chi connectivity index (χ0n) is 14.3. The first-order chi connectivity index (χ1) is 12.0. The highest BCUT2D eigenvalue weighted by Gasteiger charge is 2.18. The summed E-state index contributed by atoms with van der Waals surface area (Å²) in [4.78, 5) is 16.8. The highest BCUT2D eigenvalue weighted by Crippen LogP contribution is 2.23. The van der Waals surface area contributed by atoms with Gasteiger partial charge in [0.2, 0.25) is 0 Å². The van der Waals surface area contributed by atoms with Crippen LogP contribution in [0.1, 0.15) is 29.9 Å². The van der Waals surface area contributed by atoms with E-state index < -0.39 is 0 Å². The number of rotatable bonds is 5. The number of hydrogen-bond donors (Lipinski definition) is 1. The highest BCUT2D eigenvalue weighted by atomic mass is 35.5. The molecule has 0 atom stereocenters. The van der Waals surface area contributed by atoms with Gasteiger partial charge < -0.3 is 10.1 Å². The van der Waals surface area contributed by atoms with E-state index >= 15 is 0 Å². The molecule has 0 aliphatic rings.